The molecule has 0 saturated carbocycles. The number of rotatable bonds is 4. The Morgan fingerprint density at radius 3 is 2.83 bits per heavy atom. The van der Waals surface area contributed by atoms with Crippen molar-refractivity contribution in [1.29, 1.82) is 0 Å². The minimum Gasteiger partial charge on any atom is -0.359 e. The maximum absolute atomic E-state index is 13.3. The molecule has 1 atom stereocenters. The number of fused-ring (bicyclic) bond motifs is 1. The molecule has 3 nitrogen and oxygen atoms in total. The number of hydrogen-bond donors (Lipinski definition) is 0. The van der Waals surface area contributed by atoms with Crippen molar-refractivity contribution in [3.8, 4) is 0 Å². The normalized spacial score (nSPS) is 14.5. The van der Waals surface area contributed by atoms with Gasteiger partial charge in [0.1, 0.15) is 11.9 Å². The van der Waals surface area contributed by atoms with E-state index >= 15 is 0 Å². The van der Waals surface area contributed by atoms with Crippen LogP contribution in [0.4, 0.5) is 10.1 Å². The van der Waals surface area contributed by atoms with E-state index in [2.05, 4.69) is 17.0 Å². The SMILES string of the molecule is CC(C(=O)N(C)Cc1cccc(F)c1)N1CCc2ccccc21. The molecule has 120 valence electrons. The van der Waals surface area contributed by atoms with Gasteiger partial charge >= 0.3 is 0 Å². The van der Waals surface area contributed by atoms with Crippen LogP contribution < -0.4 is 4.90 Å². The van der Waals surface area contributed by atoms with Crippen LogP contribution in [0.2, 0.25) is 0 Å². The lowest BCUT2D eigenvalue weighted by atomic mass is 10.1. The number of para-hydroxylation sites is 1. The van der Waals surface area contributed by atoms with E-state index in [1.165, 1.54) is 17.7 Å². The number of anilines is 1. The summed E-state index contributed by atoms with van der Waals surface area (Å²) in [6.45, 7) is 3.21. The summed E-state index contributed by atoms with van der Waals surface area (Å²) in [5.41, 5.74) is 3.24. The monoisotopic (exact) mass is 312 g/mol. The summed E-state index contributed by atoms with van der Waals surface area (Å²) in [6.07, 6.45) is 0.974. The van der Waals surface area contributed by atoms with Crippen LogP contribution in [0.1, 0.15) is 18.1 Å². The van der Waals surface area contributed by atoms with Crippen LogP contribution in [0.25, 0.3) is 0 Å². The van der Waals surface area contributed by atoms with E-state index in [0.717, 1.165) is 24.2 Å². The third-order valence-electron chi connectivity index (χ3n) is 4.43. The van der Waals surface area contributed by atoms with Gasteiger partial charge in [-0.25, -0.2) is 4.39 Å². The lowest BCUT2D eigenvalue weighted by Gasteiger charge is -2.30. The Balaban J connectivity index is 1.70. The van der Waals surface area contributed by atoms with E-state index < -0.39 is 0 Å². The fourth-order valence-corrected chi connectivity index (χ4v) is 3.21. The quantitative estimate of drug-likeness (QED) is 0.865. The summed E-state index contributed by atoms with van der Waals surface area (Å²) in [5, 5.41) is 0. The second-order valence-electron chi connectivity index (χ2n) is 6.07. The smallest absolute Gasteiger partial charge is 0.245 e. The Kier molecular flexibility index (Phi) is 4.33. The summed E-state index contributed by atoms with van der Waals surface area (Å²) < 4.78 is 13.3. The Hall–Kier alpha value is -2.36. The molecule has 0 aromatic heterocycles. The van der Waals surface area contributed by atoms with Crippen LogP contribution in [0, 0.1) is 5.82 Å². The molecule has 1 amide bonds. The summed E-state index contributed by atoms with van der Waals surface area (Å²) in [4.78, 5) is 16.5. The van der Waals surface area contributed by atoms with Crippen molar-refractivity contribution in [2.45, 2.75) is 25.9 Å². The van der Waals surface area contributed by atoms with Gasteiger partial charge in [-0.2, -0.15) is 0 Å². The number of likely N-dealkylation sites (N-methyl/N-ethyl adjacent to an activating group) is 1. The summed E-state index contributed by atoms with van der Waals surface area (Å²) in [5.74, 6) is -0.226. The van der Waals surface area contributed by atoms with Gasteiger partial charge in [0.2, 0.25) is 5.91 Å². The highest BCUT2D eigenvalue weighted by Gasteiger charge is 2.29. The molecule has 0 aliphatic carbocycles. The van der Waals surface area contributed by atoms with Crippen molar-refractivity contribution in [2.75, 3.05) is 18.5 Å². The zero-order valence-electron chi connectivity index (χ0n) is 13.5. The van der Waals surface area contributed by atoms with Crippen molar-refractivity contribution in [3.05, 3.63) is 65.5 Å². The van der Waals surface area contributed by atoms with Crippen LogP contribution in [-0.4, -0.2) is 30.4 Å². The van der Waals surface area contributed by atoms with Crippen molar-refractivity contribution < 1.29 is 9.18 Å². The maximum atomic E-state index is 13.3. The fourth-order valence-electron chi connectivity index (χ4n) is 3.21. The van der Waals surface area contributed by atoms with Gasteiger partial charge in [-0.05, 0) is 42.7 Å². The van der Waals surface area contributed by atoms with Gasteiger partial charge in [0.15, 0.2) is 0 Å². The van der Waals surface area contributed by atoms with E-state index in [1.54, 1.807) is 18.0 Å². The van der Waals surface area contributed by atoms with Gasteiger partial charge in [0, 0.05) is 25.8 Å². The van der Waals surface area contributed by atoms with Crippen molar-refractivity contribution in [3.63, 3.8) is 0 Å². The highest BCUT2D eigenvalue weighted by Crippen LogP contribution is 2.29. The van der Waals surface area contributed by atoms with E-state index in [4.69, 9.17) is 0 Å². The molecule has 0 N–H and O–H groups in total. The third kappa shape index (κ3) is 3.21. The number of amides is 1. The zero-order valence-corrected chi connectivity index (χ0v) is 13.5. The largest absolute Gasteiger partial charge is 0.359 e. The molecule has 1 heterocycles. The summed E-state index contributed by atoms with van der Waals surface area (Å²) in [6, 6.07) is 14.4. The highest BCUT2D eigenvalue weighted by atomic mass is 19.1. The molecule has 0 radical (unpaired) electrons. The first kappa shape index (κ1) is 15.5. The summed E-state index contributed by atoms with van der Waals surface area (Å²) >= 11 is 0. The average Bonchev–Trinajstić information content (AvgIpc) is 2.97. The van der Waals surface area contributed by atoms with Crippen LogP contribution in [0.3, 0.4) is 0 Å². The topological polar surface area (TPSA) is 23.6 Å². The molecular weight excluding hydrogens is 291 g/mol. The number of carbonyl (C=O) groups excluding carboxylic acids is 1. The second-order valence-corrected chi connectivity index (χ2v) is 6.07. The number of carbonyl (C=O) groups is 1. The van der Waals surface area contributed by atoms with Gasteiger partial charge in [-0.15, -0.1) is 0 Å². The van der Waals surface area contributed by atoms with Gasteiger partial charge in [0.05, 0.1) is 0 Å². The van der Waals surface area contributed by atoms with Crippen molar-refractivity contribution in [1.82, 2.24) is 4.90 Å². The van der Waals surface area contributed by atoms with E-state index in [1.807, 2.05) is 25.1 Å². The van der Waals surface area contributed by atoms with Gasteiger partial charge in [-0.3, -0.25) is 4.79 Å². The minimum absolute atomic E-state index is 0.0472. The van der Waals surface area contributed by atoms with E-state index in [9.17, 15) is 9.18 Å². The number of halogens is 1. The molecule has 1 aliphatic rings. The van der Waals surface area contributed by atoms with E-state index in [-0.39, 0.29) is 17.8 Å². The summed E-state index contributed by atoms with van der Waals surface area (Å²) in [7, 11) is 1.77. The lowest BCUT2D eigenvalue weighted by Crippen LogP contribution is -2.45. The van der Waals surface area contributed by atoms with Crippen molar-refractivity contribution in [2.24, 2.45) is 0 Å². The molecule has 0 fully saturated rings. The van der Waals surface area contributed by atoms with Crippen molar-refractivity contribution >= 4 is 11.6 Å². The minimum atomic E-state index is -0.273. The standard InChI is InChI=1S/C19H21FN2O/c1-14(22-11-10-16-7-3-4-9-18(16)22)19(23)21(2)13-15-6-5-8-17(20)12-15/h3-9,12,14H,10-11,13H2,1-2H3. The fraction of sp³-hybridized carbons (Fsp3) is 0.316. The average molecular weight is 312 g/mol. The first-order valence-corrected chi connectivity index (χ1v) is 7.90. The Bertz CT molecular complexity index is 716. The molecule has 2 aromatic carbocycles. The molecule has 4 heteroatoms. The number of benzene rings is 2. The highest BCUT2D eigenvalue weighted by molar-refractivity contribution is 5.85. The van der Waals surface area contributed by atoms with Gasteiger partial charge in [0.25, 0.3) is 0 Å². The molecule has 1 unspecified atom stereocenters. The Labute approximate surface area is 136 Å². The molecule has 2 aromatic rings. The molecule has 0 bridgehead atoms. The lowest BCUT2D eigenvalue weighted by molar-refractivity contribution is -0.131. The molecule has 0 spiro atoms. The van der Waals surface area contributed by atoms with Gasteiger partial charge in [-0.1, -0.05) is 30.3 Å². The van der Waals surface area contributed by atoms with Crippen LogP contribution >= 0.6 is 0 Å². The molecule has 0 saturated heterocycles. The Morgan fingerprint density at radius 2 is 2.04 bits per heavy atom. The third-order valence-corrected chi connectivity index (χ3v) is 4.43. The molecule has 3 rings (SSSR count). The second kappa shape index (κ2) is 6.41. The maximum Gasteiger partial charge on any atom is 0.245 e. The van der Waals surface area contributed by atoms with Crippen LogP contribution in [0.15, 0.2) is 48.5 Å². The van der Waals surface area contributed by atoms with Crippen LogP contribution in [-0.2, 0) is 17.8 Å². The van der Waals surface area contributed by atoms with E-state index in [0.29, 0.717) is 6.54 Å². The predicted octanol–water partition coefficient (Wildman–Crippen LogP) is 3.24. The van der Waals surface area contributed by atoms with Gasteiger partial charge < -0.3 is 9.80 Å². The first-order valence-electron chi connectivity index (χ1n) is 7.90. The zero-order chi connectivity index (χ0) is 16.4. The van der Waals surface area contributed by atoms with Crippen LogP contribution in [0.5, 0.6) is 0 Å². The molecule has 23 heavy (non-hydrogen) atoms. The predicted molar refractivity (Wildman–Crippen MR) is 89.8 cm³/mol. The number of nitrogens with zero attached hydrogens (tertiary/aromatic N) is 2. The molecular formula is C19H21FN2O. The first-order chi connectivity index (χ1) is 11.1. The number of hydrogen-bond acceptors (Lipinski definition) is 2. The molecule has 1 aliphatic heterocycles. The Morgan fingerprint density at radius 1 is 1.26 bits per heavy atom.